The standard InChI is InChI=1S/C20H32O3/c1-8-16(18(21)22)23-17-12-11-14(19(4,5)9-2)13-15(17)20(6,7)10-3/h11-13,16H,8-10H2,1-7H3,(H,21,22)/p-1/t16-/m0/s1. The highest BCUT2D eigenvalue weighted by molar-refractivity contribution is 5.70. The van der Waals surface area contributed by atoms with Crippen molar-refractivity contribution in [1.82, 2.24) is 0 Å². The summed E-state index contributed by atoms with van der Waals surface area (Å²) in [4.78, 5) is 11.2. The van der Waals surface area contributed by atoms with Crippen LogP contribution in [0.2, 0.25) is 0 Å². The molecule has 0 aliphatic heterocycles. The number of aliphatic carboxylic acids is 1. The van der Waals surface area contributed by atoms with Gasteiger partial charge in [0.05, 0.1) is 5.97 Å². The van der Waals surface area contributed by atoms with Gasteiger partial charge < -0.3 is 14.6 Å². The summed E-state index contributed by atoms with van der Waals surface area (Å²) >= 11 is 0. The Kier molecular flexibility index (Phi) is 6.26. The Morgan fingerprint density at radius 2 is 1.65 bits per heavy atom. The number of carboxylic acids is 1. The first kappa shape index (κ1) is 19.5. The predicted molar refractivity (Wildman–Crippen MR) is 92.8 cm³/mol. The highest BCUT2D eigenvalue weighted by Gasteiger charge is 2.27. The van der Waals surface area contributed by atoms with Crippen LogP contribution in [0.25, 0.3) is 0 Å². The summed E-state index contributed by atoms with van der Waals surface area (Å²) < 4.78 is 5.78. The number of benzene rings is 1. The van der Waals surface area contributed by atoms with Crippen molar-refractivity contribution < 1.29 is 14.6 Å². The molecule has 0 saturated heterocycles. The Hall–Kier alpha value is -1.51. The lowest BCUT2D eigenvalue weighted by Crippen LogP contribution is -2.39. The monoisotopic (exact) mass is 319 g/mol. The Morgan fingerprint density at radius 1 is 1.09 bits per heavy atom. The number of ether oxygens (including phenoxy) is 1. The summed E-state index contributed by atoms with van der Waals surface area (Å²) in [5.41, 5.74) is 2.32. The topological polar surface area (TPSA) is 49.4 Å². The van der Waals surface area contributed by atoms with Crippen molar-refractivity contribution >= 4 is 5.97 Å². The van der Waals surface area contributed by atoms with E-state index in [-0.39, 0.29) is 10.8 Å². The third kappa shape index (κ3) is 4.49. The van der Waals surface area contributed by atoms with E-state index in [9.17, 15) is 9.90 Å². The quantitative estimate of drug-likeness (QED) is 0.728. The molecule has 1 aromatic carbocycles. The van der Waals surface area contributed by atoms with Crippen LogP contribution in [0.4, 0.5) is 0 Å². The molecule has 0 N–H and O–H groups in total. The molecule has 0 spiro atoms. The van der Waals surface area contributed by atoms with Crippen molar-refractivity contribution in [1.29, 1.82) is 0 Å². The first-order chi connectivity index (χ1) is 10.6. The molecule has 0 bridgehead atoms. The Bertz CT molecular complexity index is 544. The second kappa shape index (κ2) is 7.37. The van der Waals surface area contributed by atoms with Crippen LogP contribution in [-0.2, 0) is 15.6 Å². The molecule has 1 atom stereocenters. The van der Waals surface area contributed by atoms with Crippen LogP contribution < -0.4 is 9.84 Å². The second-order valence-electron chi connectivity index (χ2n) is 7.52. The maximum atomic E-state index is 11.2. The summed E-state index contributed by atoms with van der Waals surface area (Å²) in [6.07, 6.45) is 1.46. The minimum Gasteiger partial charge on any atom is -0.546 e. The van der Waals surface area contributed by atoms with Crippen LogP contribution in [0.1, 0.15) is 78.9 Å². The zero-order valence-corrected chi connectivity index (χ0v) is 15.7. The van der Waals surface area contributed by atoms with Gasteiger partial charge in [-0.25, -0.2) is 0 Å². The molecule has 0 heterocycles. The summed E-state index contributed by atoms with van der Waals surface area (Å²) in [7, 11) is 0. The molecule has 0 aliphatic carbocycles. The largest absolute Gasteiger partial charge is 0.546 e. The van der Waals surface area contributed by atoms with Gasteiger partial charge in [-0.05, 0) is 41.7 Å². The highest BCUT2D eigenvalue weighted by atomic mass is 16.5. The minimum absolute atomic E-state index is 0.0790. The lowest BCUT2D eigenvalue weighted by molar-refractivity contribution is -0.313. The van der Waals surface area contributed by atoms with Gasteiger partial charge in [-0.1, -0.05) is 60.6 Å². The minimum atomic E-state index is -1.16. The van der Waals surface area contributed by atoms with E-state index in [2.05, 4.69) is 53.7 Å². The van der Waals surface area contributed by atoms with Gasteiger partial charge in [-0.15, -0.1) is 0 Å². The molecule has 0 unspecified atom stereocenters. The third-order valence-corrected chi connectivity index (χ3v) is 5.16. The number of rotatable bonds is 8. The van der Waals surface area contributed by atoms with Crippen molar-refractivity contribution in [2.24, 2.45) is 0 Å². The van der Waals surface area contributed by atoms with E-state index in [4.69, 9.17) is 4.74 Å². The molecule has 3 nitrogen and oxygen atoms in total. The Morgan fingerprint density at radius 3 is 2.09 bits per heavy atom. The Balaban J connectivity index is 3.38. The zero-order chi connectivity index (χ0) is 17.8. The molecule has 0 amide bonds. The van der Waals surface area contributed by atoms with E-state index in [1.165, 1.54) is 5.56 Å². The fourth-order valence-corrected chi connectivity index (χ4v) is 2.43. The maximum absolute atomic E-state index is 11.2. The molecule has 0 saturated carbocycles. The summed E-state index contributed by atoms with van der Waals surface area (Å²) in [6.45, 7) is 14.9. The second-order valence-corrected chi connectivity index (χ2v) is 7.52. The third-order valence-electron chi connectivity index (χ3n) is 5.16. The van der Waals surface area contributed by atoms with Crippen molar-refractivity contribution in [3.05, 3.63) is 29.3 Å². The molecule has 130 valence electrons. The number of carboxylic acid groups (broad SMARTS) is 1. The van der Waals surface area contributed by atoms with Gasteiger partial charge in [0.15, 0.2) is 0 Å². The lowest BCUT2D eigenvalue weighted by Gasteiger charge is -2.31. The van der Waals surface area contributed by atoms with E-state index < -0.39 is 12.1 Å². The molecule has 23 heavy (non-hydrogen) atoms. The van der Waals surface area contributed by atoms with E-state index >= 15 is 0 Å². The molecule has 0 radical (unpaired) electrons. The number of hydrogen-bond donors (Lipinski definition) is 0. The summed E-state index contributed by atoms with van der Waals surface area (Å²) in [5, 5.41) is 11.2. The fourth-order valence-electron chi connectivity index (χ4n) is 2.43. The first-order valence-electron chi connectivity index (χ1n) is 8.61. The van der Waals surface area contributed by atoms with Crippen LogP contribution in [0.3, 0.4) is 0 Å². The van der Waals surface area contributed by atoms with Gasteiger partial charge in [0.2, 0.25) is 0 Å². The molecular weight excluding hydrogens is 288 g/mol. The predicted octanol–water partition coefficient (Wildman–Crippen LogP) is 3.97. The number of hydrogen-bond acceptors (Lipinski definition) is 3. The van der Waals surface area contributed by atoms with Gasteiger partial charge in [0.25, 0.3) is 0 Å². The normalized spacial score (nSPS) is 13.7. The van der Waals surface area contributed by atoms with Gasteiger partial charge >= 0.3 is 0 Å². The van der Waals surface area contributed by atoms with Crippen LogP contribution in [-0.4, -0.2) is 12.1 Å². The van der Waals surface area contributed by atoms with Gasteiger partial charge in [0.1, 0.15) is 11.9 Å². The molecular formula is C20H31O3-. The molecule has 0 aliphatic rings. The van der Waals surface area contributed by atoms with E-state index in [1.54, 1.807) is 6.92 Å². The molecule has 1 aromatic rings. The van der Waals surface area contributed by atoms with Gasteiger partial charge in [0, 0.05) is 5.56 Å². The maximum Gasteiger partial charge on any atom is 0.138 e. The van der Waals surface area contributed by atoms with Crippen molar-refractivity contribution in [2.75, 3.05) is 0 Å². The SMILES string of the molecule is CC[C@H](Oc1ccc(C(C)(C)CC)cc1C(C)(C)CC)C(=O)[O-]. The average molecular weight is 319 g/mol. The lowest BCUT2D eigenvalue weighted by atomic mass is 9.76. The fraction of sp³-hybridized carbons (Fsp3) is 0.650. The highest BCUT2D eigenvalue weighted by Crippen LogP contribution is 2.38. The molecule has 3 heteroatoms. The van der Waals surface area contributed by atoms with Crippen LogP contribution >= 0.6 is 0 Å². The van der Waals surface area contributed by atoms with Crippen LogP contribution in [0.15, 0.2) is 18.2 Å². The summed E-state index contributed by atoms with van der Waals surface area (Å²) in [6, 6.07) is 6.16. The van der Waals surface area contributed by atoms with E-state index in [1.807, 2.05) is 6.07 Å². The number of carbonyl (C=O) groups excluding carboxylic acids is 1. The van der Waals surface area contributed by atoms with E-state index in [0.717, 1.165) is 18.4 Å². The van der Waals surface area contributed by atoms with Gasteiger partial charge in [-0.3, -0.25) is 0 Å². The van der Waals surface area contributed by atoms with Gasteiger partial charge in [-0.2, -0.15) is 0 Å². The zero-order valence-electron chi connectivity index (χ0n) is 15.7. The smallest absolute Gasteiger partial charge is 0.138 e. The molecule has 1 rings (SSSR count). The Labute approximate surface area is 141 Å². The van der Waals surface area contributed by atoms with Crippen molar-refractivity contribution in [2.45, 2.75) is 84.7 Å². The van der Waals surface area contributed by atoms with E-state index in [0.29, 0.717) is 12.2 Å². The van der Waals surface area contributed by atoms with Crippen molar-refractivity contribution in [3.63, 3.8) is 0 Å². The first-order valence-corrected chi connectivity index (χ1v) is 8.61. The van der Waals surface area contributed by atoms with Crippen molar-refractivity contribution in [3.8, 4) is 5.75 Å². The van der Waals surface area contributed by atoms with Crippen LogP contribution in [0, 0.1) is 0 Å². The van der Waals surface area contributed by atoms with Crippen LogP contribution in [0.5, 0.6) is 5.75 Å². The average Bonchev–Trinajstić information content (AvgIpc) is 2.51. The molecule has 0 aromatic heterocycles. The number of carbonyl (C=O) groups is 1. The molecule has 0 fully saturated rings. The summed E-state index contributed by atoms with van der Waals surface area (Å²) in [5.74, 6) is -0.505.